The van der Waals surface area contributed by atoms with Crippen molar-refractivity contribution in [2.24, 2.45) is 0 Å². The van der Waals surface area contributed by atoms with Crippen LogP contribution in [-0.4, -0.2) is 37.9 Å². The van der Waals surface area contributed by atoms with Gasteiger partial charge in [-0.1, -0.05) is 41.9 Å². The highest BCUT2D eigenvalue weighted by Crippen LogP contribution is 2.42. The maximum absolute atomic E-state index is 15.7. The lowest BCUT2D eigenvalue weighted by Gasteiger charge is -2.28. The molecule has 46 heavy (non-hydrogen) atoms. The van der Waals surface area contributed by atoms with Crippen molar-refractivity contribution in [3.05, 3.63) is 99.5 Å². The Balaban J connectivity index is 1.53. The van der Waals surface area contributed by atoms with Crippen LogP contribution in [0.25, 0.3) is 28.2 Å². The highest BCUT2D eigenvalue weighted by atomic mass is 35.5. The van der Waals surface area contributed by atoms with Crippen LogP contribution in [0.2, 0.25) is 5.02 Å². The zero-order valence-corrected chi connectivity index (χ0v) is 27.1. The molecule has 0 fully saturated rings. The maximum atomic E-state index is 15.7. The van der Waals surface area contributed by atoms with E-state index in [2.05, 4.69) is 0 Å². The summed E-state index contributed by atoms with van der Waals surface area (Å²) in [6, 6.07) is 18.2. The van der Waals surface area contributed by atoms with Crippen molar-refractivity contribution in [2.45, 2.75) is 65.8 Å². The van der Waals surface area contributed by atoms with Crippen LogP contribution in [0.1, 0.15) is 61.2 Å². The molecule has 0 saturated carbocycles. The molecule has 5 aromatic rings. The number of ether oxygens (including phenoxy) is 3. The van der Waals surface area contributed by atoms with Gasteiger partial charge in [0.15, 0.2) is 23.3 Å². The largest absolute Gasteiger partial charge is 0.490 e. The summed E-state index contributed by atoms with van der Waals surface area (Å²) in [5.74, 6) is -0.831. The van der Waals surface area contributed by atoms with Crippen molar-refractivity contribution < 1.29 is 28.5 Å². The summed E-state index contributed by atoms with van der Waals surface area (Å²) in [6.45, 7) is 9.74. The molecule has 0 amide bonds. The molecular formula is C36H35ClFN3O5. The first-order valence-electron chi connectivity index (χ1n) is 15.1. The molecule has 0 spiro atoms. The molecule has 6 rings (SSSR count). The van der Waals surface area contributed by atoms with E-state index in [0.717, 1.165) is 28.7 Å². The van der Waals surface area contributed by atoms with Crippen molar-refractivity contribution in [3.8, 4) is 34.0 Å². The fourth-order valence-electron chi connectivity index (χ4n) is 5.86. The number of carboxylic acids is 1. The van der Waals surface area contributed by atoms with Crippen LogP contribution in [0, 0.1) is 19.7 Å². The van der Waals surface area contributed by atoms with Gasteiger partial charge < -0.3 is 19.3 Å². The molecule has 10 heteroatoms. The van der Waals surface area contributed by atoms with Crippen LogP contribution >= 0.6 is 11.6 Å². The molecule has 3 aromatic carbocycles. The Morgan fingerprint density at radius 3 is 2.65 bits per heavy atom. The Labute approximate surface area is 271 Å². The summed E-state index contributed by atoms with van der Waals surface area (Å²) in [4.78, 5) is 17.6. The van der Waals surface area contributed by atoms with Gasteiger partial charge in [0.05, 0.1) is 23.6 Å². The van der Waals surface area contributed by atoms with Crippen LogP contribution in [-0.2, 0) is 22.6 Å². The lowest BCUT2D eigenvalue weighted by atomic mass is 9.91. The summed E-state index contributed by atoms with van der Waals surface area (Å²) in [7, 11) is 0. The summed E-state index contributed by atoms with van der Waals surface area (Å²) in [5, 5.41) is 16.0. The van der Waals surface area contributed by atoms with E-state index in [4.69, 9.17) is 35.9 Å². The smallest absolute Gasteiger partial charge is 0.337 e. The Kier molecular flexibility index (Phi) is 8.48. The fraction of sp³-hybridized carbons (Fsp3) is 0.306. The Morgan fingerprint density at radius 1 is 1.13 bits per heavy atom. The number of hydrogen-bond acceptors (Lipinski definition) is 6. The highest BCUT2D eigenvalue weighted by molar-refractivity contribution is 6.31. The predicted molar refractivity (Wildman–Crippen MR) is 174 cm³/mol. The number of nitrogens with zero attached hydrogens (tertiary/aromatic N) is 3. The third-order valence-electron chi connectivity index (χ3n) is 7.96. The van der Waals surface area contributed by atoms with Gasteiger partial charge in [-0.2, -0.15) is 5.10 Å². The number of fused-ring (bicyclic) bond motifs is 2. The van der Waals surface area contributed by atoms with Crippen molar-refractivity contribution in [2.75, 3.05) is 6.61 Å². The van der Waals surface area contributed by atoms with Gasteiger partial charge in [-0.15, -0.1) is 0 Å². The molecule has 8 nitrogen and oxygen atoms in total. The van der Waals surface area contributed by atoms with Gasteiger partial charge in [0.25, 0.3) is 0 Å². The first-order valence-corrected chi connectivity index (χ1v) is 15.5. The molecule has 238 valence electrons. The summed E-state index contributed by atoms with van der Waals surface area (Å²) in [5.41, 5.74) is 5.08. The number of halogens is 2. The van der Waals surface area contributed by atoms with Gasteiger partial charge in [-0.25, -0.2) is 18.7 Å². The molecule has 0 aliphatic carbocycles. The maximum Gasteiger partial charge on any atom is 0.337 e. The molecule has 1 N–H and O–H groups in total. The van der Waals surface area contributed by atoms with Crippen molar-refractivity contribution in [1.82, 2.24) is 14.6 Å². The minimum absolute atomic E-state index is 0.242. The lowest BCUT2D eigenvalue weighted by molar-refractivity contribution is -0.160. The van der Waals surface area contributed by atoms with Crippen molar-refractivity contribution in [3.63, 3.8) is 0 Å². The van der Waals surface area contributed by atoms with E-state index in [1.54, 1.807) is 32.2 Å². The number of carboxylic acid groups (broad SMARTS) is 1. The number of aryl methyl sites for hydroxylation is 1. The second kappa shape index (κ2) is 12.4. The second-order valence-corrected chi connectivity index (χ2v) is 12.8. The topological polar surface area (TPSA) is 95.2 Å². The Bertz CT molecular complexity index is 1970. The van der Waals surface area contributed by atoms with Gasteiger partial charge in [-0.05, 0) is 77.3 Å². The quantitative estimate of drug-likeness (QED) is 0.182. The first kappa shape index (κ1) is 31.5. The molecule has 2 aromatic heterocycles. The van der Waals surface area contributed by atoms with Crippen LogP contribution in [0.15, 0.2) is 60.7 Å². The standard InChI is InChI=1S/C36H35ClFN3O5/c1-20-25-13-9-15-44-33(25)28(38)17-26(20)32-31(34(35(42)43)46-36(3,4)5)21(2)39-30-18-29(40-41(30)32)22-11-8-12-24(16-22)45-19-23-10-6-7-14-27(23)37/h6-8,10-12,14,16-18,34H,9,13,15,19H2,1-5H3,(H,42,43). The van der Waals surface area contributed by atoms with Gasteiger partial charge in [-0.3, -0.25) is 0 Å². The molecule has 0 bridgehead atoms. The van der Waals surface area contributed by atoms with E-state index < -0.39 is 23.5 Å². The molecule has 3 heterocycles. The van der Waals surface area contributed by atoms with E-state index in [1.165, 1.54) is 6.07 Å². The monoisotopic (exact) mass is 643 g/mol. The third-order valence-corrected chi connectivity index (χ3v) is 8.33. The average molecular weight is 644 g/mol. The Morgan fingerprint density at radius 2 is 1.91 bits per heavy atom. The summed E-state index contributed by atoms with van der Waals surface area (Å²) in [6.07, 6.45) is -0.00314. The lowest BCUT2D eigenvalue weighted by Crippen LogP contribution is -2.29. The van der Waals surface area contributed by atoms with E-state index in [1.807, 2.05) is 61.5 Å². The minimum Gasteiger partial charge on any atom is -0.490 e. The van der Waals surface area contributed by atoms with Crippen molar-refractivity contribution in [1.29, 1.82) is 0 Å². The van der Waals surface area contributed by atoms with Gasteiger partial charge in [0, 0.05) is 44.6 Å². The molecule has 1 aliphatic heterocycles. The zero-order valence-electron chi connectivity index (χ0n) is 26.4. The van der Waals surface area contributed by atoms with Gasteiger partial charge in [0.1, 0.15) is 12.4 Å². The van der Waals surface area contributed by atoms with Crippen LogP contribution < -0.4 is 9.47 Å². The molecule has 1 aliphatic rings. The van der Waals surface area contributed by atoms with E-state index >= 15 is 4.39 Å². The second-order valence-electron chi connectivity index (χ2n) is 12.4. The predicted octanol–water partition coefficient (Wildman–Crippen LogP) is 8.32. The molecule has 1 unspecified atom stereocenters. The number of benzene rings is 3. The first-order chi connectivity index (χ1) is 21.9. The number of hydrogen-bond donors (Lipinski definition) is 1. The molecule has 0 radical (unpaired) electrons. The fourth-order valence-corrected chi connectivity index (χ4v) is 6.05. The summed E-state index contributed by atoms with van der Waals surface area (Å²) >= 11 is 6.31. The van der Waals surface area contributed by atoms with Crippen LogP contribution in [0.3, 0.4) is 0 Å². The van der Waals surface area contributed by atoms with E-state index in [0.29, 0.717) is 64.3 Å². The Hall–Kier alpha value is -4.47. The SMILES string of the molecule is Cc1nc2cc(-c3cccc(OCc4ccccc4Cl)c3)nn2c(-c2cc(F)c3c(c2C)CCCO3)c1C(OC(C)(C)C)C(=O)O. The number of aromatic nitrogens is 3. The zero-order chi connectivity index (χ0) is 32.7. The number of rotatable bonds is 8. The molecule has 1 atom stereocenters. The number of aliphatic carboxylic acids is 1. The molecule has 0 saturated heterocycles. The highest BCUT2D eigenvalue weighted by Gasteiger charge is 2.34. The van der Waals surface area contributed by atoms with Gasteiger partial charge in [0.2, 0.25) is 0 Å². The summed E-state index contributed by atoms with van der Waals surface area (Å²) < 4.78 is 35.1. The molecular weight excluding hydrogens is 609 g/mol. The van der Waals surface area contributed by atoms with Crippen LogP contribution in [0.5, 0.6) is 11.5 Å². The van der Waals surface area contributed by atoms with Crippen molar-refractivity contribution >= 4 is 23.2 Å². The average Bonchev–Trinajstić information content (AvgIpc) is 3.44. The van der Waals surface area contributed by atoms with E-state index in [-0.39, 0.29) is 5.75 Å². The normalized spacial score (nSPS) is 13.7. The van der Waals surface area contributed by atoms with Gasteiger partial charge >= 0.3 is 5.97 Å². The third kappa shape index (κ3) is 6.17. The van der Waals surface area contributed by atoms with Crippen LogP contribution in [0.4, 0.5) is 4.39 Å². The number of carbonyl (C=O) groups is 1. The minimum atomic E-state index is -1.39. The van der Waals surface area contributed by atoms with E-state index in [9.17, 15) is 9.90 Å².